The Kier molecular flexibility index (Phi) is 4.08. The minimum atomic E-state index is 0.412. The van der Waals surface area contributed by atoms with Gasteiger partial charge in [0.1, 0.15) is 0 Å². The van der Waals surface area contributed by atoms with Crippen molar-refractivity contribution in [2.24, 2.45) is 0 Å². The van der Waals surface area contributed by atoms with E-state index < -0.39 is 0 Å². The fourth-order valence-corrected chi connectivity index (χ4v) is 2.78. The first-order chi connectivity index (χ1) is 9.83. The molecule has 0 aliphatic carbocycles. The second kappa shape index (κ2) is 6.15. The van der Waals surface area contributed by atoms with Crippen LogP contribution in [0.4, 0.5) is 0 Å². The van der Waals surface area contributed by atoms with Crippen LogP contribution in [0.15, 0.2) is 41.2 Å². The quantitative estimate of drug-likeness (QED) is 0.917. The number of nitrogens with one attached hydrogen (secondary N) is 1. The lowest BCUT2D eigenvalue weighted by molar-refractivity contribution is 0.133. The highest BCUT2D eigenvalue weighted by Gasteiger charge is 2.26. The summed E-state index contributed by atoms with van der Waals surface area (Å²) < 4.78 is 5.09. The van der Waals surface area contributed by atoms with Gasteiger partial charge < -0.3 is 9.84 Å². The molecule has 5 nitrogen and oxygen atoms in total. The summed E-state index contributed by atoms with van der Waals surface area (Å²) in [6.07, 6.45) is 2.26. The van der Waals surface area contributed by atoms with E-state index >= 15 is 0 Å². The predicted octanol–water partition coefficient (Wildman–Crippen LogP) is 1.65. The lowest BCUT2D eigenvalue weighted by atomic mass is 10.0. The SMILES string of the molecule is CC1CN(CCc2ncno2)C(c2ccccc2)CN1. The molecule has 0 radical (unpaired) electrons. The predicted molar refractivity (Wildman–Crippen MR) is 76.2 cm³/mol. The number of benzene rings is 1. The number of piperazine rings is 1. The van der Waals surface area contributed by atoms with E-state index in [1.807, 2.05) is 0 Å². The van der Waals surface area contributed by atoms with E-state index in [0.717, 1.165) is 26.1 Å². The molecular formula is C15H20N4O. The van der Waals surface area contributed by atoms with Crippen molar-refractivity contribution in [2.45, 2.75) is 25.4 Å². The van der Waals surface area contributed by atoms with E-state index in [9.17, 15) is 0 Å². The lowest BCUT2D eigenvalue weighted by Crippen LogP contribution is -2.51. The molecule has 1 N–H and O–H groups in total. The molecular weight excluding hydrogens is 252 g/mol. The second-order valence-electron chi connectivity index (χ2n) is 5.32. The Balaban J connectivity index is 1.70. The molecule has 0 spiro atoms. The van der Waals surface area contributed by atoms with E-state index in [1.165, 1.54) is 11.9 Å². The largest absolute Gasteiger partial charge is 0.340 e. The first kappa shape index (κ1) is 13.3. The Morgan fingerprint density at radius 2 is 2.20 bits per heavy atom. The molecule has 20 heavy (non-hydrogen) atoms. The molecule has 2 heterocycles. The third-order valence-corrected chi connectivity index (χ3v) is 3.81. The molecule has 2 unspecified atom stereocenters. The van der Waals surface area contributed by atoms with Gasteiger partial charge in [0.15, 0.2) is 6.33 Å². The minimum absolute atomic E-state index is 0.412. The zero-order valence-corrected chi connectivity index (χ0v) is 11.7. The maximum absolute atomic E-state index is 5.09. The Bertz CT molecular complexity index is 514. The van der Waals surface area contributed by atoms with Crippen LogP contribution in [0.2, 0.25) is 0 Å². The summed E-state index contributed by atoms with van der Waals surface area (Å²) in [4.78, 5) is 6.60. The van der Waals surface area contributed by atoms with Crippen LogP contribution in [0.1, 0.15) is 24.4 Å². The average molecular weight is 272 g/mol. The van der Waals surface area contributed by atoms with Gasteiger partial charge in [0, 0.05) is 38.1 Å². The molecule has 5 heteroatoms. The van der Waals surface area contributed by atoms with Gasteiger partial charge in [0.05, 0.1) is 0 Å². The van der Waals surface area contributed by atoms with Crippen molar-refractivity contribution in [3.63, 3.8) is 0 Å². The molecule has 106 valence electrons. The monoisotopic (exact) mass is 272 g/mol. The van der Waals surface area contributed by atoms with Crippen molar-refractivity contribution in [1.29, 1.82) is 0 Å². The van der Waals surface area contributed by atoms with Crippen LogP contribution < -0.4 is 5.32 Å². The summed E-state index contributed by atoms with van der Waals surface area (Å²) >= 11 is 0. The Labute approximate surface area is 119 Å². The van der Waals surface area contributed by atoms with E-state index in [2.05, 4.69) is 57.6 Å². The number of rotatable bonds is 4. The maximum atomic E-state index is 5.09. The first-order valence-electron chi connectivity index (χ1n) is 7.11. The fraction of sp³-hybridized carbons (Fsp3) is 0.467. The van der Waals surface area contributed by atoms with Crippen molar-refractivity contribution in [2.75, 3.05) is 19.6 Å². The van der Waals surface area contributed by atoms with Crippen LogP contribution in [0, 0.1) is 0 Å². The lowest BCUT2D eigenvalue weighted by Gasteiger charge is -2.39. The molecule has 1 aromatic heterocycles. The highest BCUT2D eigenvalue weighted by Crippen LogP contribution is 2.23. The number of hydrogen-bond donors (Lipinski definition) is 1. The van der Waals surface area contributed by atoms with E-state index in [4.69, 9.17) is 4.52 Å². The summed E-state index contributed by atoms with van der Waals surface area (Å²) in [6.45, 7) is 5.18. The van der Waals surface area contributed by atoms with Gasteiger partial charge in [-0.05, 0) is 12.5 Å². The van der Waals surface area contributed by atoms with Crippen LogP contribution >= 0.6 is 0 Å². The normalized spacial score (nSPS) is 23.9. The van der Waals surface area contributed by atoms with Gasteiger partial charge in [-0.15, -0.1) is 0 Å². The molecule has 0 bridgehead atoms. The van der Waals surface area contributed by atoms with Crippen molar-refractivity contribution >= 4 is 0 Å². The van der Waals surface area contributed by atoms with Crippen LogP contribution in [0.25, 0.3) is 0 Å². The zero-order chi connectivity index (χ0) is 13.8. The van der Waals surface area contributed by atoms with Crippen LogP contribution in [-0.2, 0) is 6.42 Å². The molecule has 1 aliphatic rings. The minimum Gasteiger partial charge on any atom is -0.340 e. The summed E-state index contributed by atoms with van der Waals surface area (Å²) in [7, 11) is 0. The first-order valence-corrected chi connectivity index (χ1v) is 7.11. The van der Waals surface area contributed by atoms with Crippen LogP contribution in [-0.4, -0.2) is 40.7 Å². The molecule has 1 saturated heterocycles. The van der Waals surface area contributed by atoms with Gasteiger partial charge in [0.2, 0.25) is 5.89 Å². The van der Waals surface area contributed by atoms with Gasteiger partial charge in [-0.2, -0.15) is 4.98 Å². The zero-order valence-electron chi connectivity index (χ0n) is 11.7. The van der Waals surface area contributed by atoms with E-state index in [-0.39, 0.29) is 0 Å². The Hall–Kier alpha value is -1.72. The molecule has 1 aromatic carbocycles. The van der Waals surface area contributed by atoms with Gasteiger partial charge >= 0.3 is 0 Å². The number of hydrogen-bond acceptors (Lipinski definition) is 5. The highest BCUT2D eigenvalue weighted by molar-refractivity contribution is 5.20. The molecule has 0 saturated carbocycles. The van der Waals surface area contributed by atoms with Crippen LogP contribution in [0.3, 0.4) is 0 Å². The standard InChI is InChI=1S/C15H20N4O/c1-12-10-19(8-7-15-17-11-18-20-15)14(9-16-12)13-5-3-2-4-6-13/h2-6,11-12,14,16H,7-10H2,1H3. The van der Waals surface area contributed by atoms with E-state index in [1.54, 1.807) is 0 Å². The van der Waals surface area contributed by atoms with Gasteiger partial charge in [-0.1, -0.05) is 35.5 Å². The summed E-state index contributed by atoms with van der Waals surface area (Å²) in [5.41, 5.74) is 1.36. The second-order valence-corrected chi connectivity index (χ2v) is 5.32. The number of nitrogens with zero attached hydrogens (tertiary/aromatic N) is 3. The van der Waals surface area contributed by atoms with Gasteiger partial charge in [-0.3, -0.25) is 4.90 Å². The number of aromatic nitrogens is 2. The molecule has 1 fully saturated rings. The molecule has 3 rings (SSSR count). The third kappa shape index (κ3) is 3.05. The summed E-state index contributed by atoms with van der Waals surface area (Å²) in [5, 5.41) is 7.22. The molecule has 1 aliphatic heterocycles. The van der Waals surface area contributed by atoms with Gasteiger partial charge in [0.25, 0.3) is 0 Å². The Morgan fingerprint density at radius 1 is 1.35 bits per heavy atom. The average Bonchev–Trinajstić information content (AvgIpc) is 2.99. The molecule has 0 amide bonds. The maximum Gasteiger partial charge on any atom is 0.227 e. The van der Waals surface area contributed by atoms with Crippen molar-refractivity contribution in [3.05, 3.63) is 48.1 Å². The smallest absolute Gasteiger partial charge is 0.227 e. The molecule has 2 atom stereocenters. The summed E-state index contributed by atoms with van der Waals surface area (Å²) in [5.74, 6) is 0.711. The van der Waals surface area contributed by atoms with Crippen LogP contribution in [0.5, 0.6) is 0 Å². The topological polar surface area (TPSA) is 54.2 Å². The van der Waals surface area contributed by atoms with E-state index in [0.29, 0.717) is 18.0 Å². The van der Waals surface area contributed by atoms with Crippen molar-refractivity contribution in [3.8, 4) is 0 Å². The summed E-state index contributed by atoms with van der Waals surface area (Å²) in [6, 6.07) is 11.6. The van der Waals surface area contributed by atoms with Crippen molar-refractivity contribution < 1.29 is 4.52 Å². The third-order valence-electron chi connectivity index (χ3n) is 3.81. The van der Waals surface area contributed by atoms with Gasteiger partial charge in [-0.25, -0.2) is 0 Å². The highest BCUT2D eigenvalue weighted by atomic mass is 16.5. The molecule has 2 aromatic rings. The Morgan fingerprint density at radius 3 is 2.95 bits per heavy atom. The fourth-order valence-electron chi connectivity index (χ4n) is 2.78. The van der Waals surface area contributed by atoms with Crippen molar-refractivity contribution in [1.82, 2.24) is 20.4 Å².